The van der Waals surface area contributed by atoms with E-state index in [1.165, 1.54) is 13.0 Å². The summed E-state index contributed by atoms with van der Waals surface area (Å²) in [5.74, 6) is 0.350. The molecule has 0 unspecified atom stereocenters. The summed E-state index contributed by atoms with van der Waals surface area (Å²) in [6, 6.07) is 4.56. The predicted octanol–water partition coefficient (Wildman–Crippen LogP) is 3.99. The van der Waals surface area contributed by atoms with Crippen LogP contribution in [0.25, 0.3) is 0 Å². The summed E-state index contributed by atoms with van der Waals surface area (Å²) >= 11 is 0. The van der Waals surface area contributed by atoms with Crippen LogP contribution in [-0.2, 0) is 0 Å². The van der Waals surface area contributed by atoms with Gasteiger partial charge in [-0.15, -0.1) is 0 Å². The van der Waals surface area contributed by atoms with E-state index in [4.69, 9.17) is 4.74 Å². The number of Topliss-reactive ketones (excluding diaryl/α,β-unsaturated/α-hetero) is 1. The van der Waals surface area contributed by atoms with Gasteiger partial charge in [-0.3, -0.25) is 4.79 Å². The molecule has 1 aliphatic rings. The topological polar surface area (TPSA) is 26.3 Å². The molecule has 1 aliphatic carbocycles. The lowest BCUT2D eigenvalue weighted by molar-refractivity contribution is 0.0990. The molecule has 0 amide bonds. The number of rotatable bonds is 3. The van der Waals surface area contributed by atoms with Gasteiger partial charge >= 0.3 is 0 Å². The van der Waals surface area contributed by atoms with Crippen molar-refractivity contribution in [3.05, 3.63) is 29.6 Å². The maximum absolute atomic E-state index is 13.6. The molecule has 1 saturated carbocycles. The summed E-state index contributed by atoms with van der Waals surface area (Å²) in [6.45, 7) is 3.60. The number of hydrogen-bond acceptors (Lipinski definition) is 2. The fourth-order valence-electron chi connectivity index (χ4n) is 2.47. The Morgan fingerprint density at radius 3 is 2.56 bits per heavy atom. The van der Waals surface area contributed by atoms with Crippen molar-refractivity contribution < 1.29 is 13.9 Å². The molecular formula is C15H19FO2. The lowest BCUT2D eigenvalue weighted by Gasteiger charge is -2.27. The van der Waals surface area contributed by atoms with E-state index >= 15 is 0 Å². The second-order valence-electron chi connectivity index (χ2n) is 5.17. The smallest absolute Gasteiger partial charge is 0.166 e. The molecule has 0 radical (unpaired) electrons. The number of benzene rings is 1. The van der Waals surface area contributed by atoms with Crippen LogP contribution in [0.5, 0.6) is 5.75 Å². The average Bonchev–Trinajstić information content (AvgIpc) is 2.32. The molecule has 2 nitrogen and oxygen atoms in total. The van der Waals surface area contributed by atoms with Crippen LogP contribution in [0.4, 0.5) is 4.39 Å². The fourth-order valence-corrected chi connectivity index (χ4v) is 2.47. The highest BCUT2D eigenvalue weighted by Crippen LogP contribution is 2.29. The van der Waals surface area contributed by atoms with Crippen molar-refractivity contribution in [2.75, 3.05) is 0 Å². The van der Waals surface area contributed by atoms with Gasteiger partial charge in [0.1, 0.15) is 11.6 Å². The fraction of sp³-hybridized carbons (Fsp3) is 0.533. The molecule has 1 fully saturated rings. The van der Waals surface area contributed by atoms with Gasteiger partial charge in [-0.2, -0.15) is 0 Å². The third kappa shape index (κ3) is 2.89. The lowest BCUT2D eigenvalue weighted by atomic mass is 9.89. The van der Waals surface area contributed by atoms with Gasteiger partial charge in [0.15, 0.2) is 5.78 Å². The molecule has 0 saturated heterocycles. The summed E-state index contributed by atoms with van der Waals surface area (Å²) < 4.78 is 19.4. The van der Waals surface area contributed by atoms with E-state index in [9.17, 15) is 9.18 Å². The minimum Gasteiger partial charge on any atom is -0.490 e. The zero-order valence-corrected chi connectivity index (χ0v) is 10.9. The van der Waals surface area contributed by atoms with Gasteiger partial charge in [0.2, 0.25) is 0 Å². The molecule has 0 atom stereocenters. The van der Waals surface area contributed by atoms with Crippen molar-refractivity contribution in [2.45, 2.75) is 45.6 Å². The molecule has 0 heterocycles. The largest absolute Gasteiger partial charge is 0.490 e. The molecule has 3 heteroatoms. The Hall–Kier alpha value is -1.38. The Morgan fingerprint density at radius 1 is 1.28 bits per heavy atom. The molecule has 0 aromatic heterocycles. The minimum absolute atomic E-state index is 0.0797. The molecule has 2 rings (SSSR count). The molecule has 0 bridgehead atoms. The van der Waals surface area contributed by atoms with E-state index in [0.717, 1.165) is 31.6 Å². The molecule has 1 aromatic carbocycles. The predicted molar refractivity (Wildman–Crippen MR) is 68.5 cm³/mol. The molecule has 0 N–H and O–H groups in total. The van der Waals surface area contributed by atoms with Crippen LogP contribution in [0.3, 0.4) is 0 Å². The Morgan fingerprint density at radius 2 is 1.94 bits per heavy atom. The standard InChI is InChI=1S/C15H19FO2/c1-10-6-8-12(9-7-10)18-14-5-3-4-13(16)15(14)11(2)17/h3-5,10,12H,6-9H2,1-2H3. The van der Waals surface area contributed by atoms with E-state index in [1.807, 2.05) is 0 Å². The van der Waals surface area contributed by atoms with Crippen molar-refractivity contribution in [1.29, 1.82) is 0 Å². The van der Waals surface area contributed by atoms with E-state index in [2.05, 4.69) is 6.92 Å². The van der Waals surface area contributed by atoms with Gasteiger partial charge in [-0.1, -0.05) is 13.0 Å². The van der Waals surface area contributed by atoms with Gasteiger partial charge in [-0.25, -0.2) is 4.39 Å². The monoisotopic (exact) mass is 250 g/mol. The van der Waals surface area contributed by atoms with E-state index in [1.54, 1.807) is 12.1 Å². The van der Waals surface area contributed by atoms with E-state index in [0.29, 0.717) is 5.75 Å². The Bertz CT molecular complexity index is 434. The molecule has 18 heavy (non-hydrogen) atoms. The maximum atomic E-state index is 13.6. The lowest BCUT2D eigenvalue weighted by Crippen LogP contribution is -2.24. The summed E-state index contributed by atoms with van der Waals surface area (Å²) in [7, 11) is 0. The quantitative estimate of drug-likeness (QED) is 0.758. The van der Waals surface area contributed by atoms with Gasteiger partial charge in [0.25, 0.3) is 0 Å². The second-order valence-corrected chi connectivity index (χ2v) is 5.17. The van der Waals surface area contributed by atoms with Crippen molar-refractivity contribution in [3.63, 3.8) is 0 Å². The van der Waals surface area contributed by atoms with Crippen LogP contribution in [0.2, 0.25) is 0 Å². The zero-order chi connectivity index (χ0) is 13.1. The summed E-state index contributed by atoms with van der Waals surface area (Å²) in [5.41, 5.74) is 0.0797. The van der Waals surface area contributed by atoms with Crippen LogP contribution in [-0.4, -0.2) is 11.9 Å². The Kier molecular flexibility index (Phi) is 4.00. The van der Waals surface area contributed by atoms with Crippen LogP contribution >= 0.6 is 0 Å². The number of halogens is 1. The van der Waals surface area contributed by atoms with Crippen LogP contribution in [0.1, 0.15) is 49.9 Å². The highest BCUT2D eigenvalue weighted by Gasteiger charge is 2.22. The highest BCUT2D eigenvalue weighted by molar-refractivity contribution is 5.97. The van der Waals surface area contributed by atoms with Crippen molar-refractivity contribution >= 4 is 5.78 Å². The maximum Gasteiger partial charge on any atom is 0.166 e. The number of carbonyl (C=O) groups excluding carboxylic acids is 1. The van der Waals surface area contributed by atoms with Crippen LogP contribution < -0.4 is 4.74 Å². The average molecular weight is 250 g/mol. The zero-order valence-electron chi connectivity index (χ0n) is 10.9. The minimum atomic E-state index is -0.496. The second kappa shape index (κ2) is 5.51. The third-order valence-electron chi connectivity index (χ3n) is 3.58. The summed E-state index contributed by atoms with van der Waals surface area (Å²) in [6.07, 6.45) is 4.34. The third-order valence-corrected chi connectivity index (χ3v) is 3.58. The summed E-state index contributed by atoms with van der Waals surface area (Å²) in [4.78, 5) is 11.5. The van der Waals surface area contributed by atoms with Gasteiger partial charge in [0, 0.05) is 0 Å². The Balaban J connectivity index is 2.14. The SMILES string of the molecule is CC(=O)c1c(F)cccc1OC1CCC(C)CC1. The molecule has 98 valence electrons. The van der Waals surface area contributed by atoms with E-state index in [-0.39, 0.29) is 17.5 Å². The first-order valence-electron chi connectivity index (χ1n) is 6.54. The van der Waals surface area contributed by atoms with E-state index < -0.39 is 5.82 Å². The molecular weight excluding hydrogens is 231 g/mol. The molecule has 0 spiro atoms. The van der Waals surface area contributed by atoms with Crippen molar-refractivity contribution in [2.24, 2.45) is 5.92 Å². The van der Waals surface area contributed by atoms with Gasteiger partial charge in [-0.05, 0) is 50.7 Å². The number of hydrogen-bond donors (Lipinski definition) is 0. The first kappa shape index (κ1) is 13.1. The summed E-state index contributed by atoms with van der Waals surface area (Å²) in [5, 5.41) is 0. The van der Waals surface area contributed by atoms with Gasteiger partial charge in [0.05, 0.1) is 11.7 Å². The van der Waals surface area contributed by atoms with Crippen molar-refractivity contribution in [3.8, 4) is 5.75 Å². The molecule has 0 aliphatic heterocycles. The molecule has 1 aromatic rings. The van der Waals surface area contributed by atoms with Crippen LogP contribution in [0, 0.1) is 11.7 Å². The first-order valence-corrected chi connectivity index (χ1v) is 6.54. The van der Waals surface area contributed by atoms with Gasteiger partial charge < -0.3 is 4.74 Å². The number of carbonyl (C=O) groups is 1. The number of ketones is 1. The Labute approximate surface area is 107 Å². The first-order chi connectivity index (χ1) is 8.58. The number of ether oxygens (including phenoxy) is 1. The normalized spacial score (nSPS) is 23.7. The van der Waals surface area contributed by atoms with Crippen LogP contribution in [0.15, 0.2) is 18.2 Å². The van der Waals surface area contributed by atoms with Crippen molar-refractivity contribution in [1.82, 2.24) is 0 Å². The highest BCUT2D eigenvalue weighted by atomic mass is 19.1.